The minimum Gasteiger partial charge on any atom is -0.385 e. The quantitative estimate of drug-likeness (QED) is 0.551. The van der Waals surface area contributed by atoms with Crippen molar-refractivity contribution in [3.63, 3.8) is 0 Å². The molecule has 2 aliphatic rings. The van der Waals surface area contributed by atoms with E-state index in [1.54, 1.807) is 7.11 Å². The Hall–Kier alpha value is -3.19. The highest BCUT2D eigenvalue weighted by Gasteiger charge is 2.43. The van der Waals surface area contributed by atoms with Crippen molar-refractivity contribution in [1.82, 2.24) is 15.5 Å². The van der Waals surface area contributed by atoms with Crippen LogP contribution >= 0.6 is 0 Å². The second kappa shape index (κ2) is 10.4. The lowest BCUT2D eigenvalue weighted by Crippen LogP contribution is -2.60. The number of nitrogens with zero attached hydrogens (tertiary/aromatic N) is 1. The molecule has 1 spiro atoms. The van der Waals surface area contributed by atoms with Crippen LogP contribution in [0.2, 0.25) is 0 Å². The van der Waals surface area contributed by atoms with E-state index in [0.29, 0.717) is 25.0 Å². The van der Waals surface area contributed by atoms with Crippen molar-refractivity contribution in [2.45, 2.75) is 63.6 Å². The van der Waals surface area contributed by atoms with Crippen molar-refractivity contribution in [3.8, 4) is 0 Å². The van der Waals surface area contributed by atoms with Gasteiger partial charge in [-0.2, -0.15) is 0 Å². The summed E-state index contributed by atoms with van der Waals surface area (Å²) in [6.07, 6.45) is 5.16. The Balaban J connectivity index is 1.48. The second-order valence-corrected chi connectivity index (χ2v) is 9.54. The third-order valence-electron chi connectivity index (χ3n) is 6.86. The topological polar surface area (TPSA) is 94.5 Å². The zero-order valence-electron chi connectivity index (χ0n) is 20.0. The zero-order valence-corrected chi connectivity index (χ0v) is 20.0. The van der Waals surface area contributed by atoms with Crippen LogP contribution in [-0.4, -0.2) is 41.9 Å². The number of hydrogen-bond acceptors (Lipinski definition) is 4. The molecule has 2 aromatic carbocycles. The van der Waals surface area contributed by atoms with Crippen LogP contribution in [-0.2, 0) is 16.1 Å². The van der Waals surface area contributed by atoms with E-state index in [1.165, 1.54) is 4.90 Å². The molecule has 34 heavy (non-hydrogen) atoms. The fourth-order valence-electron chi connectivity index (χ4n) is 5.15. The SMILES string of the molecule is COCC[C@H](NC(=O)c1cc(C)cc(CN2C(=N)NC3(CCCC3)CC2=O)c1)c1ccccc1. The largest absolute Gasteiger partial charge is 0.385 e. The van der Waals surface area contributed by atoms with E-state index in [4.69, 9.17) is 10.1 Å². The number of aryl methyl sites for hydroxylation is 1. The Morgan fingerprint density at radius 2 is 1.94 bits per heavy atom. The summed E-state index contributed by atoms with van der Waals surface area (Å²) in [6.45, 7) is 2.75. The summed E-state index contributed by atoms with van der Waals surface area (Å²) in [5, 5.41) is 14.9. The summed E-state index contributed by atoms with van der Waals surface area (Å²) >= 11 is 0. The van der Waals surface area contributed by atoms with Crippen LogP contribution in [0.5, 0.6) is 0 Å². The Morgan fingerprint density at radius 3 is 2.62 bits per heavy atom. The first-order valence-corrected chi connectivity index (χ1v) is 12.0. The maximum Gasteiger partial charge on any atom is 0.251 e. The Kier molecular flexibility index (Phi) is 7.32. The smallest absolute Gasteiger partial charge is 0.251 e. The third-order valence-corrected chi connectivity index (χ3v) is 6.86. The van der Waals surface area contributed by atoms with Gasteiger partial charge < -0.3 is 15.4 Å². The monoisotopic (exact) mass is 462 g/mol. The van der Waals surface area contributed by atoms with Gasteiger partial charge in [0.05, 0.1) is 19.0 Å². The molecular weight excluding hydrogens is 428 g/mol. The van der Waals surface area contributed by atoms with E-state index >= 15 is 0 Å². The first kappa shape index (κ1) is 24.0. The number of methoxy groups -OCH3 is 1. The summed E-state index contributed by atoms with van der Waals surface area (Å²) in [5.41, 5.74) is 3.11. The van der Waals surface area contributed by atoms with E-state index in [-0.39, 0.29) is 35.9 Å². The van der Waals surface area contributed by atoms with Gasteiger partial charge >= 0.3 is 0 Å². The molecule has 0 bridgehead atoms. The van der Waals surface area contributed by atoms with Crippen molar-refractivity contribution in [1.29, 1.82) is 5.41 Å². The molecule has 2 aromatic rings. The van der Waals surface area contributed by atoms with Gasteiger partial charge in [-0.05, 0) is 55.0 Å². The predicted octanol–water partition coefficient (Wildman–Crippen LogP) is 4.07. The number of guanidine groups is 1. The number of benzene rings is 2. The zero-order chi connectivity index (χ0) is 24.1. The van der Waals surface area contributed by atoms with Gasteiger partial charge in [0.2, 0.25) is 5.91 Å². The van der Waals surface area contributed by atoms with Gasteiger partial charge in [0.1, 0.15) is 0 Å². The fraction of sp³-hybridized carbons (Fsp3) is 0.444. The van der Waals surface area contributed by atoms with Crippen LogP contribution in [0.1, 0.15) is 71.6 Å². The molecule has 1 heterocycles. The van der Waals surface area contributed by atoms with Crippen molar-refractivity contribution in [2.75, 3.05) is 13.7 Å². The van der Waals surface area contributed by atoms with Crippen LogP contribution in [0, 0.1) is 12.3 Å². The first-order valence-electron chi connectivity index (χ1n) is 12.0. The molecule has 4 rings (SSSR count). The molecular formula is C27H34N4O3. The summed E-state index contributed by atoms with van der Waals surface area (Å²) in [6, 6.07) is 15.3. The number of amides is 2. The molecule has 1 saturated carbocycles. The summed E-state index contributed by atoms with van der Waals surface area (Å²) in [4.78, 5) is 27.6. The Bertz CT molecular complexity index is 1030. The Morgan fingerprint density at radius 1 is 1.21 bits per heavy atom. The normalized spacial score (nSPS) is 18.1. The number of nitrogens with one attached hydrogen (secondary N) is 3. The number of carbonyl (C=O) groups excluding carboxylic acids is 2. The van der Waals surface area contributed by atoms with E-state index in [1.807, 2.05) is 55.5 Å². The van der Waals surface area contributed by atoms with Crippen LogP contribution in [0.3, 0.4) is 0 Å². The molecule has 1 aliphatic heterocycles. The highest BCUT2D eigenvalue weighted by atomic mass is 16.5. The molecule has 1 atom stereocenters. The average molecular weight is 463 g/mol. The lowest BCUT2D eigenvalue weighted by atomic mass is 9.90. The minimum absolute atomic E-state index is 0.0261. The lowest BCUT2D eigenvalue weighted by Gasteiger charge is -2.40. The molecule has 1 aliphatic carbocycles. The van der Waals surface area contributed by atoms with E-state index in [2.05, 4.69) is 10.6 Å². The van der Waals surface area contributed by atoms with Gasteiger partial charge in [-0.15, -0.1) is 0 Å². The van der Waals surface area contributed by atoms with Gasteiger partial charge in [0.15, 0.2) is 5.96 Å². The van der Waals surface area contributed by atoms with E-state index < -0.39 is 0 Å². The van der Waals surface area contributed by atoms with Gasteiger partial charge in [-0.1, -0.05) is 49.2 Å². The summed E-state index contributed by atoms with van der Waals surface area (Å²) < 4.78 is 5.24. The van der Waals surface area contributed by atoms with Crippen LogP contribution in [0.25, 0.3) is 0 Å². The standard InChI is InChI=1S/C27H34N4O3/c1-19-14-20(18-31-24(32)17-27(30-26(31)28)11-6-7-12-27)16-22(15-19)25(33)29-23(10-13-34-2)21-8-4-3-5-9-21/h3-5,8-9,14-16,23H,6-7,10-13,17-18H2,1-2H3,(H2,28,30)(H,29,33)/t23-/m0/s1. The molecule has 2 fully saturated rings. The predicted molar refractivity (Wildman–Crippen MR) is 132 cm³/mol. The summed E-state index contributed by atoms with van der Waals surface area (Å²) in [5.74, 6) is -0.0331. The van der Waals surface area contributed by atoms with Gasteiger partial charge in [0, 0.05) is 24.8 Å². The highest BCUT2D eigenvalue weighted by molar-refractivity contribution is 5.99. The van der Waals surface area contributed by atoms with Gasteiger partial charge in [-0.25, -0.2) is 0 Å². The maximum absolute atomic E-state index is 13.2. The number of rotatable bonds is 8. The van der Waals surface area contributed by atoms with Crippen LogP contribution in [0.4, 0.5) is 0 Å². The van der Waals surface area contributed by atoms with Crippen molar-refractivity contribution >= 4 is 17.8 Å². The molecule has 1 saturated heterocycles. The van der Waals surface area contributed by atoms with Crippen LogP contribution < -0.4 is 10.6 Å². The average Bonchev–Trinajstić information content (AvgIpc) is 3.26. The van der Waals surface area contributed by atoms with Crippen LogP contribution in [0.15, 0.2) is 48.5 Å². The molecule has 7 nitrogen and oxygen atoms in total. The highest BCUT2D eigenvalue weighted by Crippen LogP contribution is 2.35. The maximum atomic E-state index is 13.2. The molecule has 0 radical (unpaired) electrons. The minimum atomic E-state index is -0.239. The molecule has 0 aromatic heterocycles. The van der Waals surface area contributed by atoms with Gasteiger partial charge in [0.25, 0.3) is 5.91 Å². The van der Waals surface area contributed by atoms with E-state index in [0.717, 1.165) is 42.4 Å². The molecule has 3 N–H and O–H groups in total. The van der Waals surface area contributed by atoms with Crippen molar-refractivity contribution < 1.29 is 14.3 Å². The molecule has 2 amide bonds. The van der Waals surface area contributed by atoms with E-state index in [9.17, 15) is 9.59 Å². The number of carbonyl (C=O) groups is 2. The van der Waals surface area contributed by atoms with Gasteiger partial charge in [-0.3, -0.25) is 19.9 Å². The molecule has 180 valence electrons. The third kappa shape index (κ3) is 5.47. The number of ether oxygens (including phenoxy) is 1. The second-order valence-electron chi connectivity index (χ2n) is 9.54. The van der Waals surface area contributed by atoms with Crippen molar-refractivity contribution in [3.05, 3.63) is 70.8 Å². The fourth-order valence-corrected chi connectivity index (χ4v) is 5.15. The molecule has 0 unspecified atom stereocenters. The summed E-state index contributed by atoms with van der Waals surface area (Å²) in [7, 11) is 1.65. The lowest BCUT2D eigenvalue weighted by molar-refractivity contribution is -0.131. The Labute approximate surface area is 201 Å². The number of hydrogen-bond donors (Lipinski definition) is 3. The molecule has 7 heteroatoms. The van der Waals surface area contributed by atoms with Crippen molar-refractivity contribution in [2.24, 2.45) is 0 Å². The first-order chi connectivity index (χ1) is 16.4.